The molecule has 2 heterocycles. The van der Waals surface area contributed by atoms with Crippen LogP contribution in [0.15, 0.2) is 56.7 Å². The molecule has 20 heavy (non-hydrogen) atoms. The molecular formula is C16H10BrNS2. The number of benzene rings is 2. The van der Waals surface area contributed by atoms with E-state index in [-0.39, 0.29) is 0 Å². The second kappa shape index (κ2) is 4.72. The van der Waals surface area contributed by atoms with Gasteiger partial charge < -0.3 is 0 Å². The van der Waals surface area contributed by atoms with Gasteiger partial charge in [-0.15, -0.1) is 11.3 Å². The molecule has 98 valence electrons. The van der Waals surface area contributed by atoms with Crippen molar-refractivity contribution in [3.8, 4) is 21.7 Å². The van der Waals surface area contributed by atoms with Gasteiger partial charge in [-0.25, -0.2) is 4.98 Å². The highest BCUT2D eigenvalue weighted by Gasteiger charge is 2.23. The lowest BCUT2D eigenvalue weighted by molar-refractivity contribution is 1.28. The van der Waals surface area contributed by atoms with E-state index >= 15 is 0 Å². The maximum atomic E-state index is 4.77. The molecule has 0 amide bonds. The zero-order valence-electron chi connectivity index (χ0n) is 10.7. The summed E-state index contributed by atoms with van der Waals surface area (Å²) in [5.41, 5.74) is 3.65. The van der Waals surface area contributed by atoms with Crippen LogP contribution in [0, 0.1) is 6.92 Å². The van der Waals surface area contributed by atoms with Crippen LogP contribution in [0.25, 0.3) is 21.7 Å². The molecule has 1 aliphatic rings. The van der Waals surface area contributed by atoms with Crippen LogP contribution in [-0.2, 0) is 0 Å². The van der Waals surface area contributed by atoms with Crippen molar-refractivity contribution in [1.29, 1.82) is 0 Å². The molecule has 0 saturated carbocycles. The van der Waals surface area contributed by atoms with Gasteiger partial charge in [-0.1, -0.05) is 52.0 Å². The minimum absolute atomic E-state index is 1.11. The van der Waals surface area contributed by atoms with Crippen molar-refractivity contribution >= 4 is 39.0 Å². The van der Waals surface area contributed by atoms with Gasteiger partial charge in [0.2, 0.25) is 0 Å². The summed E-state index contributed by atoms with van der Waals surface area (Å²) in [7, 11) is 0. The lowest BCUT2D eigenvalue weighted by Gasteiger charge is -2.06. The molecular weight excluding hydrogens is 350 g/mol. The molecule has 0 saturated heterocycles. The zero-order chi connectivity index (χ0) is 13.7. The summed E-state index contributed by atoms with van der Waals surface area (Å²) in [6, 6.07) is 15.0. The molecule has 3 aromatic rings. The third-order valence-electron chi connectivity index (χ3n) is 3.28. The molecule has 0 aliphatic carbocycles. The molecule has 4 rings (SSSR count). The summed E-state index contributed by atoms with van der Waals surface area (Å²) in [6.07, 6.45) is 0. The molecule has 0 N–H and O–H groups in total. The van der Waals surface area contributed by atoms with Crippen molar-refractivity contribution in [2.45, 2.75) is 16.7 Å². The van der Waals surface area contributed by atoms with Crippen LogP contribution < -0.4 is 0 Å². The predicted octanol–water partition coefficient (Wildman–Crippen LogP) is 6.01. The van der Waals surface area contributed by atoms with E-state index in [1.54, 1.807) is 11.3 Å². The van der Waals surface area contributed by atoms with Crippen molar-refractivity contribution in [1.82, 2.24) is 4.98 Å². The molecule has 0 bridgehead atoms. The fraction of sp³-hybridized carbons (Fsp3) is 0.0625. The summed E-state index contributed by atoms with van der Waals surface area (Å²) in [5.74, 6) is 0. The number of rotatable bonds is 0. The first-order valence-electron chi connectivity index (χ1n) is 6.27. The van der Waals surface area contributed by atoms with Crippen molar-refractivity contribution in [3.63, 3.8) is 0 Å². The maximum absolute atomic E-state index is 4.77. The Morgan fingerprint density at radius 1 is 1.00 bits per heavy atom. The van der Waals surface area contributed by atoms with Crippen LogP contribution in [0.4, 0.5) is 0 Å². The highest BCUT2D eigenvalue weighted by atomic mass is 79.9. The van der Waals surface area contributed by atoms with Gasteiger partial charge in [-0.2, -0.15) is 0 Å². The van der Waals surface area contributed by atoms with Gasteiger partial charge in [0.15, 0.2) is 0 Å². The number of aryl methyl sites for hydroxylation is 1. The van der Waals surface area contributed by atoms with Crippen LogP contribution in [0.2, 0.25) is 0 Å². The van der Waals surface area contributed by atoms with E-state index in [4.69, 9.17) is 4.98 Å². The smallest absolute Gasteiger partial charge is 0.0908 e. The Labute approximate surface area is 134 Å². The monoisotopic (exact) mass is 359 g/mol. The van der Waals surface area contributed by atoms with Crippen molar-refractivity contribution in [2.24, 2.45) is 0 Å². The van der Waals surface area contributed by atoms with E-state index in [1.807, 2.05) is 11.8 Å². The fourth-order valence-electron chi connectivity index (χ4n) is 2.43. The van der Waals surface area contributed by atoms with Gasteiger partial charge in [0.05, 0.1) is 15.6 Å². The number of halogens is 1. The molecule has 0 unspecified atom stereocenters. The molecule has 1 aromatic heterocycles. The Balaban J connectivity index is 2.10. The number of hydrogen-bond acceptors (Lipinski definition) is 3. The summed E-state index contributed by atoms with van der Waals surface area (Å²) in [6.45, 7) is 2.08. The van der Waals surface area contributed by atoms with Crippen molar-refractivity contribution in [3.05, 3.63) is 51.9 Å². The molecule has 0 fully saturated rings. The van der Waals surface area contributed by atoms with Crippen LogP contribution in [0.5, 0.6) is 0 Å². The van der Waals surface area contributed by atoms with E-state index in [9.17, 15) is 0 Å². The first kappa shape index (κ1) is 12.6. The number of thiazole rings is 1. The maximum Gasteiger partial charge on any atom is 0.0908 e. The Kier molecular flexibility index (Phi) is 2.98. The Bertz CT molecular complexity index is 823. The Morgan fingerprint density at radius 3 is 2.75 bits per heavy atom. The van der Waals surface area contributed by atoms with Gasteiger partial charge >= 0.3 is 0 Å². The molecule has 1 aliphatic heterocycles. The van der Waals surface area contributed by atoms with E-state index in [2.05, 4.69) is 65.3 Å². The number of aromatic nitrogens is 1. The van der Waals surface area contributed by atoms with Gasteiger partial charge in [0, 0.05) is 25.4 Å². The van der Waals surface area contributed by atoms with Gasteiger partial charge in [0.1, 0.15) is 0 Å². The molecule has 0 atom stereocenters. The predicted molar refractivity (Wildman–Crippen MR) is 89.5 cm³/mol. The Hall–Kier alpha value is -1.10. The average Bonchev–Trinajstić information content (AvgIpc) is 2.76. The second-order valence-electron chi connectivity index (χ2n) is 4.65. The molecule has 0 spiro atoms. The normalized spacial score (nSPS) is 12.3. The van der Waals surface area contributed by atoms with Crippen molar-refractivity contribution in [2.75, 3.05) is 0 Å². The van der Waals surface area contributed by atoms with Gasteiger partial charge in [0.25, 0.3) is 0 Å². The number of hydrogen-bond donors (Lipinski definition) is 0. The summed E-state index contributed by atoms with van der Waals surface area (Å²) in [4.78, 5) is 8.62. The third kappa shape index (κ3) is 1.94. The summed E-state index contributed by atoms with van der Waals surface area (Å²) < 4.78 is 1.11. The van der Waals surface area contributed by atoms with E-state index in [1.165, 1.54) is 25.8 Å². The lowest BCUT2D eigenvalue weighted by Crippen LogP contribution is -1.83. The average molecular weight is 360 g/mol. The molecule has 0 radical (unpaired) electrons. The summed E-state index contributed by atoms with van der Waals surface area (Å²) in [5, 5.41) is 1.12. The van der Waals surface area contributed by atoms with E-state index < -0.39 is 0 Å². The van der Waals surface area contributed by atoms with E-state index in [0.717, 1.165) is 15.2 Å². The SMILES string of the molecule is Cc1nc2c(s1)-c1ccccc1Sc1cc(Br)ccc1-2. The first-order valence-corrected chi connectivity index (χ1v) is 8.69. The third-order valence-corrected chi connectivity index (χ3v) is 5.92. The zero-order valence-corrected chi connectivity index (χ0v) is 13.9. The topological polar surface area (TPSA) is 12.9 Å². The standard InChI is InChI=1S/C16H10BrNS2/c1-9-18-15-11-7-6-10(17)8-14(11)20-13-5-3-2-4-12(13)16(15)19-9/h2-8H,1H3. The second-order valence-corrected chi connectivity index (χ2v) is 7.85. The first-order chi connectivity index (χ1) is 9.72. The summed E-state index contributed by atoms with van der Waals surface area (Å²) >= 11 is 7.17. The largest absolute Gasteiger partial charge is 0.241 e. The quantitative estimate of drug-likeness (QED) is 0.381. The number of nitrogens with zero attached hydrogens (tertiary/aromatic N) is 1. The molecule has 1 nitrogen and oxygen atoms in total. The van der Waals surface area contributed by atoms with Crippen LogP contribution >= 0.6 is 39.0 Å². The fourth-order valence-corrected chi connectivity index (χ4v) is 5.10. The number of fused-ring (bicyclic) bond motifs is 5. The highest BCUT2D eigenvalue weighted by molar-refractivity contribution is 9.10. The lowest BCUT2D eigenvalue weighted by atomic mass is 10.1. The Morgan fingerprint density at radius 2 is 1.85 bits per heavy atom. The molecule has 2 aromatic carbocycles. The van der Waals surface area contributed by atoms with Crippen LogP contribution in [0.3, 0.4) is 0 Å². The minimum atomic E-state index is 1.11. The van der Waals surface area contributed by atoms with Crippen molar-refractivity contribution < 1.29 is 0 Å². The van der Waals surface area contributed by atoms with E-state index in [0.29, 0.717) is 0 Å². The minimum Gasteiger partial charge on any atom is -0.241 e. The van der Waals surface area contributed by atoms with Gasteiger partial charge in [-0.05, 0) is 25.1 Å². The molecule has 4 heteroatoms. The highest BCUT2D eigenvalue weighted by Crippen LogP contribution is 2.49. The van der Waals surface area contributed by atoms with Crippen LogP contribution in [-0.4, -0.2) is 4.98 Å². The van der Waals surface area contributed by atoms with Gasteiger partial charge in [-0.3, -0.25) is 0 Å². The van der Waals surface area contributed by atoms with Crippen LogP contribution in [0.1, 0.15) is 5.01 Å².